The van der Waals surface area contributed by atoms with Crippen molar-refractivity contribution in [1.29, 1.82) is 0 Å². The summed E-state index contributed by atoms with van der Waals surface area (Å²) in [4.78, 5) is 37.7. The molecule has 0 bridgehead atoms. The Hall–Kier alpha value is -3.33. The van der Waals surface area contributed by atoms with Gasteiger partial charge >= 0.3 is 13.8 Å². The van der Waals surface area contributed by atoms with E-state index in [0.29, 0.717) is 17.4 Å². The van der Waals surface area contributed by atoms with Crippen molar-refractivity contribution in [3.05, 3.63) is 109 Å². The molecule has 2 N–H and O–H groups in total. The number of unbranched alkanes of at least 4 members (excludes halogenated alkanes) is 23. The fourth-order valence-electron chi connectivity index (χ4n) is 8.40. The summed E-state index contributed by atoms with van der Waals surface area (Å²) in [6.45, 7) is 6.81. The van der Waals surface area contributed by atoms with Crippen LogP contribution in [0.2, 0.25) is 0 Å². The summed E-state index contributed by atoms with van der Waals surface area (Å²) in [6, 6.07) is -0.897. The van der Waals surface area contributed by atoms with Gasteiger partial charge in [-0.25, -0.2) is 4.57 Å². The van der Waals surface area contributed by atoms with Gasteiger partial charge in [-0.3, -0.25) is 18.6 Å². The van der Waals surface area contributed by atoms with E-state index in [1.54, 1.807) is 0 Å². The van der Waals surface area contributed by atoms with E-state index in [-0.39, 0.29) is 37.9 Å². The van der Waals surface area contributed by atoms with Crippen LogP contribution in [0.3, 0.4) is 0 Å². The zero-order valence-electron chi connectivity index (χ0n) is 50.4. The van der Waals surface area contributed by atoms with Crippen LogP contribution in [0.1, 0.15) is 252 Å². The number of likely N-dealkylation sites (N-methyl/N-ethyl adjacent to an activating group) is 1. The van der Waals surface area contributed by atoms with Gasteiger partial charge in [-0.15, -0.1) is 0 Å². The summed E-state index contributed by atoms with van der Waals surface area (Å²) in [5, 5.41) is 3.00. The van der Waals surface area contributed by atoms with Crippen LogP contribution in [0, 0.1) is 0 Å². The Bertz CT molecular complexity index is 1690. The van der Waals surface area contributed by atoms with E-state index in [9.17, 15) is 19.0 Å². The van der Waals surface area contributed by atoms with Crippen LogP contribution < -0.4 is 5.32 Å². The van der Waals surface area contributed by atoms with E-state index in [4.69, 9.17) is 13.8 Å². The topological polar surface area (TPSA) is 111 Å². The second-order valence-corrected chi connectivity index (χ2v) is 23.3. The van der Waals surface area contributed by atoms with Gasteiger partial charge in [-0.05, 0) is 102 Å². The van der Waals surface area contributed by atoms with Gasteiger partial charge in [0, 0.05) is 12.8 Å². The molecular formula is C67H118N2O7P+. The molecule has 3 atom stereocenters. The molecule has 3 unspecified atom stereocenters. The highest BCUT2D eigenvalue weighted by Crippen LogP contribution is 2.43. The lowest BCUT2D eigenvalue weighted by molar-refractivity contribution is -0.870. The van der Waals surface area contributed by atoms with Crippen molar-refractivity contribution in [3.8, 4) is 0 Å². The van der Waals surface area contributed by atoms with Gasteiger partial charge in [0.25, 0.3) is 0 Å². The highest BCUT2D eigenvalue weighted by atomic mass is 31.2. The van der Waals surface area contributed by atoms with Gasteiger partial charge in [-0.2, -0.15) is 0 Å². The second-order valence-electron chi connectivity index (χ2n) is 21.8. The fraction of sp³-hybridized carbons (Fsp3) is 0.701. The molecule has 10 heteroatoms. The Labute approximate surface area is 474 Å². The molecule has 77 heavy (non-hydrogen) atoms. The summed E-state index contributed by atoms with van der Waals surface area (Å²) in [6.07, 6.45) is 76.7. The lowest BCUT2D eigenvalue weighted by atomic mass is 10.0. The zero-order valence-corrected chi connectivity index (χ0v) is 51.3. The first-order chi connectivity index (χ1) is 37.4. The number of amides is 1. The van der Waals surface area contributed by atoms with E-state index >= 15 is 0 Å². The summed E-state index contributed by atoms with van der Waals surface area (Å²) in [5.41, 5.74) is 0. The molecule has 0 saturated carbocycles. The second kappa shape index (κ2) is 56.0. The number of phosphoric ester groups is 1. The van der Waals surface area contributed by atoms with Crippen molar-refractivity contribution in [1.82, 2.24) is 5.32 Å². The summed E-state index contributed by atoms with van der Waals surface area (Å²) in [5.74, 6) is -0.611. The summed E-state index contributed by atoms with van der Waals surface area (Å²) >= 11 is 0. The van der Waals surface area contributed by atoms with Crippen LogP contribution in [0.5, 0.6) is 0 Å². The number of allylic oxidation sites excluding steroid dienone is 17. The third-order valence-corrected chi connectivity index (χ3v) is 14.2. The van der Waals surface area contributed by atoms with Crippen LogP contribution in [-0.2, 0) is 27.9 Å². The highest BCUT2D eigenvalue weighted by Gasteiger charge is 2.30. The third kappa shape index (κ3) is 57.2. The first-order valence-corrected chi connectivity index (χ1v) is 32.7. The van der Waals surface area contributed by atoms with Gasteiger partial charge in [-0.1, -0.05) is 246 Å². The molecule has 0 spiro atoms. The lowest BCUT2D eigenvalue weighted by Gasteiger charge is -2.27. The number of carbonyl (C=O) groups is 2. The van der Waals surface area contributed by atoms with Crippen molar-refractivity contribution in [3.63, 3.8) is 0 Å². The number of nitrogens with one attached hydrogen (secondary N) is 1. The van der Waals surface area contributed by atoms with Crippen molar-refractivity contribution < 1.29 is 37.3 Å². The molecule has 442 valence electrons. The SMILES string of the molecule is CC/C=C\C/C=C\C/C=C\C/C=C\C/C=C\C/C=C\CCC(=O)NC(COP(=O)(O)OCC[N+](C)(C)C)C(/C=C/CCCCCCCCCCCCC)OC(=O)CCCCCCCCCCC/C=C\C/C=C\CCCCC. The number of quaternary nitrogens is 1. The van der Waals surface area contributed by atoms with Crippen LogP contribution in [-0.4, -0.2) is 74.3 Å². The third-order valence-electron chi connectivity index (χ3n) is 13.2. The minimum absolute atomic E-state index is 0.0209. The highest BCUT2D eigenvalue weighted by molar-refractivity contribution is 7.47. The van der Waals surface area contributed by atoms with E-state index in [0.717, 1.165) is 96.3 Å². The van der Waals surface area contributed by atoms with E-state index in [1.165, 1.54) is 116 Å². The largest absolute Gasteiger partial charge is 0.472 e. The lowest BCUT2D eigenvalue weighted by Crippen LogP contribution is -2.47. The molecule has 0 aliphatic heterocycles. The molecule has 0 aromatic heterocycles. The fourth-order valence-corrected chi connectivity index (χ4v) is 9.14. The Kier molecular flexibility index (Phi) is 53.5. The molecule has 0 rings (SSSR count). The maximum absolute atomic E-state index is 13.5. The predicted molar refractivity (Wildman–Crippen MR) is 332 cm³/mol. The zero-order chi connectivity index (χ0) is 56.4. The van der Waals surface area contributed by atoms with Crippen molar-refractivity contribution in [2.75, 3.05) is 40.9 Å². The van der Waals surface area contributed by atoms with E-state index in [1.807, 2.05) is 39.4 Å². The molecule has 0 radical (unpaired) electrons. The Morgan fingerprint density at radius 3 is 1.30 bits per heavy atom. The molecule has 0 aromatic carbocycles. The standard InChI is InChI=1S/C67H117N2O7P/c1-7-10-13-16-19-22-25-28-30-32-34-36-38-41-44-47-50-53-56-59-66(70)68-64(63-75-77(72,73)74-62-61-69(4,5)6)65(58-55-52-49-46-43-40-27-24-21-18-15-12-9-3)76-67(71)60-57-54-51-48-45-42-39-37-35-33-31-29-26-23-20-17-14-11-8-2/h10,13,19-20,22-23,28-31,34,36,41,44,50,53,55,58,64-65H,7-9,11-12,14-18,21,24-27,32-33,35,37-40,42-43,45-49,51-52,54,56-57,59-63H2,1-6H3,(H-,68,70,72,73)/p+1/b13-10-,22-19-,23-20-,30-28-,31-29-,36-34-,44-41-,53-50-,58-55+. The smallest absolute Gasteiger partial charge is 0.456 e. The first-order valence-electron chi connectivity index (χ1n) is 31.2. The summed E-state index contributed by atoms with van der Waals surface area (Å²) < 4.78 is 30.7. The number of nitrogens with zero attached hydrogens (tertiary/aromatic N) is 1. The van der Waals surface area contributed by atoms with Crippen LogP contribution in [0.25, 0.3) is 0 Å². The number of hydrogen-bond donors (Lipinski definition) is 2. The minimum Gasteiger partial charge on any atom is -0.456 e. The molecule has 0 heterocycles. The Morgan fingerprint density at radius 2 is 0.844 bits per heavy atom. The maximum atomic E-state index is 13.5. The minimum atomic E-state index is -4.48. The normalized spacial score (nSPS) is 14.4. The monoisotopic (exact) mass is 1090 g/mol. The van der Waals surface area contributed by atoms with Gasteiger partial charge < -0.3 is 19.4 Å². The number of esters is 1. The van der Waals surface area contributed by atoms with Crippen molar-refractivity contribution >= 4 is 19.7 Å². The number of phosphoric acid groups is 1. The van der Waals surface area contributed by atoms with Crippen LogP contribution in [0.15, 0.2) is 109 Å². The van der Waals surface area contributed by atoms with Gasteiger partial charge in [0.15, 0.2) is 0 Å². The number of carbonyl (C=O) groups excluding carboxylic acids is 2. The molecule has 0 aliphatic rings. The number of hydrogen-bond acceptors (Lipinski definition) is 6. The molecular weight excluding hydrogens is 976 g/mol. The van der Waals surface area contributed by atoms with Crippen LogP contribution >= 0.6 is 7.82 Å². The number of rotatable bonds is 55. The quantitative estimate of drug-likeness (QED) is 0.0205. The predicted octanol–water partition coefficient (Wildman–Crippen LogP) is 19.3. The molecule has 0 aromatic rings. The molecule has 0 saturated heterocycles. The molecule has 9 nitrogen and oxygen atoms in total. The molecule has 0 fully saturated rings. The maximum Gasteiger partial charge on any atom is 0.472 e. The average molecular weight is 1090 g/mol. The first kappa shape index (κ1) is 73.7. The molecule has 0 aliphatic carbocycles. The van der Waals surface area contributed by atoms with Crippen molar-refractivity contribution in [2.24, 2.45) is 0 Å². The van der Waals surface area contributed by atoms with Gasteiger partial charge in [0.1, 0.15) is 19.3 Å². The van der Waals surface area contributed by atoms with Gasteiger partial charge in [0.05, 0.1) is 33.8 Å². The van der Waals surface area contributed by atoms with Crippen LogP contribution in [0.4, 0.5) is 0 Å². The van der Waals surface area contributed by atoms with Gasteiger partial charge in [0.2, 0.25) is 5.91 Å². The molecule has 1 amide bonds. The van der Waals surface area contributed by atoms with E-state index in [2.05, 4.69) is 117 Å². The Balaban J connectivity index is 5.41. The van der Waals surface area contributed by atoms with Crippen molar-refractivity contribution in [2.45, 2.75) is 264 Å². The summed E-state index contributed by atoms with van der Waals surface area (Å²) in [7, 11) is 1.44. The number of ether oxygens (including phenoxy) is 1. The average Bonchev–Trinajstić information content (AvgIpc) is 3.39. The Morgan fingerprint density at radius 1 is 0.468 bits per heavy atom. The van der Waals surface area contributed by atoms with E-state index < -0.39 is 20.0 Å².